The average Bonchev–Trinajstić information content (AvgIpc) is 2.63. The normalized spacial score (nSPS) is 15.4. The monoisotopic (exact) mass is 438 g/mol. The topological polar surface area (TPSA) is 93.8 Å². The van der Waals surface area contributed by atoms with Crippen LogP contribution >= 0.6 is 7.82 Å². The van der Waals surface area contributed by atoms with Gasteiger partial charge in [0, 0.05) is 13.2 Å². The molecule has 0 aliphatic heterocycles. The highest BCUT2D eigenvalue weighted by Gasteiger charge is 2.19. The summed E-state index contributed by atoms with van der Waals surface area (Å²) in [6.07, 6.45) is 13.4. The van der Waals surface area contributed by atoms with Gasteiger partial charge in [-0.15, -0.1) is 0 Å². The minimum Gasteiger partial charge on any atom is -0.756 e. The van der Waals surface area contributed by atoms with E-state index in [-0.39, 0.29) is 19.8 Å². The van der Waals surface area contributed by atoms with Gasteiger partial charge >= 0.3 is 0 Å². The lowest BCUT2D eigenvalue weighted by atomic mass is 10.1. The third-order valence-electron chi connectivity index (χ3n) is 4.75. The van der Waals surface area contributed by atoms with Crippen molar-refractivity contribution in [3.63, 3.8) is 0 Å². The molecule has 0 bridgehead atoms. The predicted molar refractivity (Wildman–Crippen MR) is 118 cm³/mol. The number of nitrogens with zero attached hydrogens (tertiary/aromatic N) is 1. The van der Waals surface area contributed by atoms with Crippen LogP contribution in [0.4, 0.5) is 0 Å². The molecule has 2 N–H and O–H groups in total. The third kappa shape index (κ3) is 21.0. The maximum Gasteiger partial charge on any atom is 0.268 e. The molecule has 0 spiro atoms. The number of phosphoric acid groups is 1. The average molecular weight is 439 g/mol. The first-order valence-electron chi connectivity index (χ1n) is 11.4. The number of nitrogens with two attached hydrogens (primary N) is 1. The predicted octanol–water partition coefficient (Wildman–Crippen LogP) is 3.85. The number of hydrogen-bond acceptors (Lipinski definition) is 6. The molecule has 0 amide bonds. The summed E-state index contributed by atoms with van der Waals surface area (Å²) in [7, 11) is 1.53. The number of unbranched alkanes of at least 4 members (excludes halogenated alkanes) is 10. The maximum atomic E-state index is 11.9. The van der Waals surface area contributed by atoms with Crippen LogP contribution in [0.15, 0.2) is 0 Å². The summed E-state index contributed by atoms with van der Waals surface area (Å²) in [5, 5.41) is 0. The molecular formula is C21H47N2O5P. The Bertz CT molecular complexity index is 418. The van der Waals surface area contributed by atoms with E-state index in [4.69, 9.17) is 19.5 Å². The Morgan fingerprint density at radius 3 is 1.90 bits per heavy atom. The summed E-state index contributed by atoms with van der Waals surface area (Å²) < 4.78 is 28.0. The van der Waals surface area contributed by atoms with Crippen molar-refractivity contribution in [2.24, 2.45) is 5.73 Å². The van der Waals surface area contributed by atoms with Crippen molar-refractivity contribution in [3.05, 3.63) is 0 Å². The van der Waals surface area contributed by atoms with E-state index < -0.39 is 13.9 Å². The van der Waals surface area contributed by atoms with Gasteiger partial charge in [-0.2, -0.15) is 0 Å². The van der Waals surface area contributed by atoms with Gasteiger partial charge in [-0.05, 0) is 6.42 Å². The fourth-order valence-electron chi connectivity index (χ4n) is 2.86. The minimum atomic E-state index is -4.36. The van der Waals surface area contributed by atoms with Gasteiger partial charge in [0.1, 0.15) is 19.3 Å². The first kappa shape index (κ1) is 29.0. The number of phosphoric ester groups is 1. The van der Waals surface area contributed by atoms with E-state index >= 15 is 0 Å². The van der Waals surface area contributed by atoms with Crippen molar-refractivity contribution in [3.8, 4) is 0 Å². The van der Waals surface area contributed by atoms with Crippen LogP contribution in [0.1, 0.15) is 77.6 Å². The highest BCUT2D eigenvalue weighted by atomic mass is 31.2. The van der Waals surface area contributed by atoms with E-state index in [2.05, 4.69) is 6.92 Å². The Hall–Kier alpha value is -0.0100. The maximum absolute atomic E-state index is 11.9. The lowest BCUT2D eigenvalue weighted by Gasteiger charge is -2.29. The Kier molecular flexibility index (Phi) is 17.6. The Balaban J connectivity index is 3.64. The number of rotatable bonds is 21. The second kappa shape index (κ2) is 17.6. The molecule has 2 unspecified atom stereocenters. The molecule has 8 heteroatoms. The number of quaternary nitrogens is 1. The van der Waals surface area contributed by atoms with Crippen LogP contribution < -0.4 is 10.6 Å². The van der Waals surface area contributed by atoms with Gasteiger partial charge in [0.15, 0.2) is 0 Å². The van der Waals surface area contributed by atoms with Gasteiger partial charge in [0.2, 0.25) is 0 Å². The molecule has 0 aromatic heterocycles. The summed E-state index contributed by atoms with van der Waals surface area (Å²) in [4.78, 5) is 11.9. The van der Waals surface area contributed by atoms with E-state index in [1.54, 1.807) is 0 Å². The number of hydrogen-bond donors (Lipinski definition) is 1. The molecular weight excluding hydrogens is 391 g/mol. The summed E-state index contributed by atoms with van der Waals surface area (Å²) in [5.41, 5.74) is 5.60. The zero-order valence-electron chi connectivity index (χ0n) is 19.4. The van der Waals surface area contributed by atoms with Crippen LogP contribution in [-0.2, 0) is 18.3 Å². The highest BCUT2D eigenvalue weighted by Crippen LogP contribution is 2.39. The lowest BCUT2D eigenvalue weighted by molar-refractivity contribution is -0.870. The number of ether oxygens (including phenoxy) is 1. The van der Waals surface area contributed by atoms with Gasteiger partial charge in [-0.25, -0.2) is 0 Å². The largest absolute Gasteiger partial charge is 0.756 e. The van der Waals surface area contributed by atoms with Crippen molar-refractivity contribution in [2.45, 2.75) is 83.7 Å². The molecule has 0 aliphatic carbocycles. The quantitative estimate of drug-likeness (QED) is 0.166. The van der Waals surface area contributed by atoms with Crippen LogP contribution in [0.25, 0.3) is 0 Å². The molecule has 0 saturated heterocycles. The van der Waals surface area contributed by atoms with Crippen LogP contribution in [0.3, 0.4) is 0 Å². The van der Waals surface area contributed by atoms with Gasteiger partial charge < -0.3 is 28.9 Å². The van der Waals surface area contributed by atoms with Crippen molar-refractivity contribution >= 4 is 7.82 Å². The van der Waals surface area contributed by atoms with E-state index in [0.717, 1.165) is 12.8 Å². The van der Waals surface area contributed by atoms with Crippen molar-refractivity contribution < 1.29 is 27.7 Å². The van der Waals surface area contributed by atoms with Crippen LogP contribution in [0, 0.1) is 0 Å². The zero-order valence-corrected chi connectivity index (χ0v) is 20.3. The minimum absolute atomic E-state index is 0.0726. The van der Waals surface area contributed by atoms with E-state index in [1.807, 2.05) is 21.1 Å². The Morgan fingerprint density at radius 1 is 0.897 bits per heavy atom. The molecule has 2 atom stereocenters. The summed E-state index contributed by atoms with van der Waals surface area (Å²) >= 11 is 0. The second-order valence-electron chi connectivity index (χ2n) is 8.87. The molecule has 0 aromatic carbocycles. The SMILES string of the molecule is CCCCCCCCCCCCCOCC(CN)OP(=O)([O-])OCC[N+](C)(C)C. The Morgan fingerprint density at radius 2 is 1.41 bits per heavy atom. The molecule has 0 rings (SSSR count). The molecule has 0 radical (unpaired) electrons. The van der Waals surface area contributed by atoms with Gasteiger partial charge in [0.05, 0.1) is 27.7 Å². The van der Waals surface area contributed by atoms with Gasteiger partial charge in [-0.3, -0.25) is 4.57 Å². The van der Waals surface area contributed by atoms with Crippen molar-refractivity contribution in [1.29, 1.82) is 0 Å². The Labute approximate surface area is 179 Å². The molecule has 0 aliphatic rings. The smallest absolute Gasteiger partial charge is 0.268 e. The number of likely N-dealkylation sites (N-methyl/N-ethyl adjacent to an activating group) is 1. The second-order valence-corrected chi connectivity index (χ2v) is 10.2. The molecule has 29 heavy (non-hydrogen) atoms. The lowest BCUT2D eigenvalue weighted by Crippen LogP contribution is -2.38. The van der Waals surface area contributed by atoms with E-state index in [0.29, 0.717) is 17.6 Å². The highest BCUT2D eigenvalue weighted by molar-refractivity contribution is 7.45. The van der Waals surface area contributed by atoms with Gasteiger partial charge in [0.25, 0.3) is 7.82 Å². The molecule has 0 saturated carbocycles. The van der Waals surface area contributed by atoms with Crippen LogP contribution in [-0.4, -0.2) is 64.6 Å². The van der Waals surface area contributed by atoms with E-state index in [9.17, 15) is 9.46 Å². The summed E-state index contributed by atoms with van der Waals surface area (Å²) in [6, 6.07) is 0. The molecule has 7 nitrogen and oxygen atoms in total. The van der Waals surface area contributed by atoms with Crippen molar-refractivity contribution in [2.75, 3.05) is 54.1 Å². The molecule has 0 aromatic rings. The zero-order chi connectivity index (χ0) is 22.0. The van der Waals surface area contributed by atoms with Crippen LogP contribution in [0.5, 0.6) is 0 Å². The summed E-state index contributed by atoms with van der Waals surface area (Å²) in [6.45, 7) is 3.74. The molecule has 0 heterocycles. The first-order valence-corrected chi connectivity index (χ1v) is 12.9. The fraction of sp³-hybridized carbons (Fsp3) is 1.00. The standard InChI is InChI=1S/C21H47N2O5P/c1-5-6-7-8-9-10-11-12-13-14-15-17-26-20-21(19-22)28-29(24,25)27-18-16-23(2,3)4/h21H,5-20,22H2,1-4H3. The summed E-state index contributed by atoms with van der Waals surface area (Å²) in [5.74, 6) is 0. The molecule has 0 fully saturated rings. The molecule has 176 valence electrons. The van der Waals surface area contributed by atoms with Crippen molar-refractivity contribution in [1.82, 2.24) is 0 Å². The third-order valence-corrected chi connectivity index (χ3v) is 5.80. The van der Waals surface area contributed by atoms with Gasteiger partial charge in [-0.1, -0.05) is 71.1 Å². The fourth-order valence-corrected chi connectivity index (χ4v) is 3.74. The van der Waals surface area contributed by atoms with Crippen LogP contribution in [0.2, 0.25) is 0 Å². The van der Waals surface area contributed by atoms with E-state index in [1.165, 1.54) is 57.8 Å². The first-order chi connectivity index (χ1) is 13.7.